The van der Waals surface area contributed by atoms with Gasteiger partial charge in [0.1, 0.15) is 11.5 Å². The molecular formula is C14H23NO3S. The number of hydrogen-bond donors (Lipinski definition) is 1. The van der Waals surface area contributed by atoms with Crippen molar-refractivity contribution in [2.75, 3.05) is 20.0 Å². The maximum atomic E-state index is 12.0. The number of methoxy groups -OCH3 is 2. The molecule has 0 aromatic heterocycles. The summed E-state index contributed by atoms with van der Waals surface area (Å²) in [6.45, 7) is 4.01. The minimum Gasteiger partial charge on any atom is -0.497 e. The summed E-state index contributed by atoms with van der Waals surface area (Å²) in [5.74, 6) is 1.83. The molecule has 0 saturated carbocycles. The third-order valence-electron chi connectivity index (χ3n) is 3.21. The van der Waals surface area contributed by atoms with Gasteiger partial charge in [0, 0.05) is 39.5 Å². The molecule has 0 radical (unpaired) electrons. The lowest BCUT2D eigenvalue weighted by Crippen LogP contribution is -2.23. The van der Waals surface area contributed by atoms with Gasteiger partial charge >= 0.3 is 0 Å². The second-order valence-corrected chi connectivity index (χ2v) is 6.38. The van der Waals surface area contributed by atoms with Crippen LogP contribution in [0.5, 0.6) is 11.5 Å². The SMILES string of the molecule is CCC(C)S(=O)CC(N)c1ccc(OC)cc1OC. The van der Waals surface area contributed by atoms with E-state index in [0.717, 1.165) is 17.7 Å². The van der Waals surface area contributed by atoms with Crippen molar-refractivity contribution in [1.82, 2.24) is 0 Å². The fourth-order valence-electron chi connectivity index (χ4n) is 1.74. The Balaban J connectivity index is 2.87. The van der Waals surface area contributed by atoms with E-state index in [1.165, 1.54) is 0 Å². The summed E-state index contributed by atoms with van der Waals surface area (Å²) in [5.41, 5.74) is 7.00. The van der Waals surface area contributed by atoms with Crippen molar-refractivity contribution < 1.29 is 13.7 Å². The highest BCUT2D eigenvalue weighted by Crippen LogP contribution is 2.29. The number of benzene rings is 1. The first-order chi connectivity index (χ1) is 9.03. The molecule has 0 aliphatic heterocycles. The standard InChI is InChI=1S/C14H23NO3S/c1-5-10(2)19(16)9-13(15)12-7-6-11(17-3)8-14(12)18-4/h6-8,10,13H,5,9,15H2,1-4H3. The quantitative estimate of drug-likeness (QED) is 0.834. The molecule has 0 amide bonds. The van der Waals surface area contributed by atoms with Crippen LogP contribution in [0.25, 0.3) is 0 Å². The van der Waals surface area contributed by atoms with Crippen LogP contribution in [0.1, 0.15) is 31.9 Å². The van der Waals surface area contributed by atoms with Crippen molar-refractivity contribution in [1.29, 1.82) is 0 Å². The number of hydrogen-bond acceptors (Lipinski definition) is 4. The zero-order valence-corrected chi connectivity index (χ0v) is 12.8. The van der Waals surface area contributed by atoms with Gasteiger partial charge in [0.2, 0.25) is 0 Å². The van der Waals surface area contributed by atoms with E-state index in [1.807, 2.05) is 26.0 Å². The molecule has 4 nitrogen and oxygen atoms in total. The maximum Gasteiger partial charge on any atom is 0.127 e. The highest BCUT2D eigenvalue weighted by Gasteiger charge is 2.18. The Labute approximate surface area is 117 Å². The third kappa shape index (κ3) is 4.21. The summed E-state index contributed by atoms with van der Waals surface area (Å²) in [4.78, 5) is 0. The molecule has 3 atom stereocenters. The molecule has 0 bridgehead atoms. The molecule has 0 heterocycles. The smallest absolute Gasteiger partial charge is 0.127 e. The zero-order valence-electron chi connectivity index (χ0n) is 12.0. The largest absolute Gasteiger partial charge is 0.497 e. The molecule has 1 aromatic rings. The second-order valence-electron chi connectivity index (χ2n) is 4.48. The van der Waals surface area contributed by atoms with Gasteiger partial charge < -0.3 is 15.2 Å². The van der Waals surface area contributed by atoms with Crippen LogP contribution < -0.4 is 15.2 Å². The highest BCUT2D eigenvalue weighted by molar-refractivity contribution is 7.85. The van der Waals surface area contributed by atoms with E-state index in [4.69, 9.17) is 15.2 Å². The molecular weight excluding hydrogens is 262 g/mol. The maximum absolute atomic E-state index is 12.0. The van der Waals surface area contributed by atoms with Gasteiger partial charge in [-0.1, -0.05) is 19.9 Å². The average Bonchev–Trinajstić information content (AvgIpc) is 2.45. The fraction of sp³-hybridized carbons (Fsp3) is 0.571. The third-order valence-corrected chi connectivity index (χ3v) is 5.13. The van der Waals surface area contributed by atoms with Crippen molar-refractivity contribution in [2.24, 2.45) is 5.73 Å². The van der Waals surface area contributed by atoms with Gasteiger partial charge in [-0.2, -0.15) is 0 Å². The molecule has 1 rings (SSSR count). The summed E-state index contributed by atoms with van der Waals surface area (Å²) >= 11 is 0. The summed E-state index contributed by atoms with van der Waals surface area (Å²) < 4.78 is 22.5. The normalized spacial score (nSPS) is 15.6. The first kappa shape index (κ1) is 16.0. The van der Waals surface area contributed by atoms with Crippen LogP contribution in [0.2, 0.25) is 0 Å². The summed E-state index contributed by atoms with van der Waals surface area (Å²) in [7, 11) is 2.27. The lowest BCUT2D eigenvalue weighted by Gasteiger charge is -2.18. The van der Waals surface area contributed by atoms with Crippen LogP contribution in [0.3, 0.4) is 0 Å². The average molecular weight is 285 g/mol. The second kappa shape index (κ2) is 7.50. The molecule has 2 N–H and O–H groups in total. The first-order valence-corrected chi connectivity index (χ1v) is 7.76. The monoisotopic (exact) mass is 285 g/mol. The molecule has 108 valence electrons. The van der Waals surface area contributed by atoms with Crippen LogP contribution >= 0.6 is 0 Å². The van der Waals surface area contributed by atoms with Gasteiger partial charge in [-0.05, 0) is 12.5 Å². The Hall–Kier alpha value is -1.07. The van der Waals surface area contributed by atoms with Gasteiger partial charge in [0.25, 0.3) is 0 Å². The molecule has 1 aromatic carbocycles. The van der Waals surface area contributed by atoms with E-state index in [1.54, 1.807) is 20.3 Å². The molecule has 0 spiro atoms. The number of ether oxygens (including phenoxy) is 2. The van der Waals surface area contributed by atoms with Crippen LogP contribution in [-0.2, 0) is 10.8 Å². The zero-order chi connectivity index (χ0) is 14.4. The highest BCUT2D eigenvalue weighted by atomic mass is 32.2. The van der Waals surface area contributed by atoms with Gasteiger partial charge in [0.15, 0.2) is 0 Å². The van der Waals surface area contributed by atoms with Gasteiger partial charge in [-0.3, -0.25) is 4.21 Å². The first-order valence-electron chi connectivity index (χ1n) is 6.38. The lowest BCUT2D eigenvalue weighted by atomic mass is 10.1. The lowest BCUT2D eigenvalue weighted by molar-refractivity contribution is 0.389. The predicted molar refractivity (Wildman–Crippen MR) is 79.2 cm³/mol. The van der Waals surface area contributed by atoms with E-state index >= 15 is 0 Å². The molecule has 0 aliphatic rings. The van der Waals surface area contributed by atoms with Crippen LogP contribution in [0.15, 0.2) is 18.2 Å². The Morgan fingerprint density at radius 1 is 1.32 bits per heavy atom. The minimum atomic E-state index is -0.925. The van der Waals surface area contributed by atoms with Crippen LogP contribution in [0, 0.1) is 0 Å². The van der Waals surface area contributed by atoms with Crippen molar-refractivity contribution in [3.05, 3.63) is 23.8 Å². The van der Waals surface area contributed by atoms with E-state index < -0.39 is 10.8 Å². The van der Waals surface area contributed by atoms with Gasteiger partial charge in [-0.25, -0.2) is 0 Å². The summed E-state index contributed by atoms with van der Waals surface area (Å²) in [6.07, 6.45) is 0.888. The Bertz CT molecular complexity index is 437. The summed E-state index contributed by atoms with van der Waals surface area (Å²) in [5, 5.41) is 0.162. The van der Waals surface area contributed by atoms with Crippen molar-refractivity contribution in [3.8, 4) is 11.5 Å². The molecule has 3 unspecified atom stereocenters. The van der Waals surface area contributed by atoms with Gasteiger partial charge in [-0.15, -0.1) is 0 Å². The fourth-order valence-corrected chi connectivity index (χ4v) is 2.98. The van der Waals surface area contributed by atoms with E-state index in [9.17, 15) is 4.21 Å². The minimum absolute atomic E-state index is 0.162. The van der Waals surface area contributed by atoms with Crippen LogP contribution in [-0.4, -0.2) is 29.4 Å². The van der Waals surface area contributed by atoms with Crippen LogP contribution in [0.4, 0.5) is 0 Å². The van der Waals surface area contributed by atoms with E-state index in [0.29, 0.717) is 11.5 Å². The Kier molecular flexibility index (Phi) is 6.31. The van der Waals surface area contributed by atoms with Crippen molar-refractivity contribution in [2.45, 2.75) is 31.6 Å². The van der Waals surface area contributed by atoms with Crippen molar-refractivity contribution in [3.63, 3.8) is 0 Å². The Morgan fingerprint density at radius 3 is 2.53 bits per heavy atom. The molecule has 0 fully saturated rings. The predicted octanol–water partition coefficient (Wildman–Crippen LogP) is 2.25. The molecule has 0 aliphatic carbocycles. The topological polar surface area (TPSA) is 61.6 Å². The molecule has 5 heteroatoms. The van der Waals surface area contributed by atoms with E-state index in [2.05, 4.69) is 0 Å². The molecule has 0 saturated heterocycles. The van der Waals surface area contributed by atoms with Crippen molar-refractivity contribution >= 4 is 10.8 Å². The van der Waals surface area contributed by atoms with Gasteiger partial charge in [0.05, 0.1) is 14.2 Å². The Morgan fingerprint density at radius 2 is 2.00 bits per heavy atom. The molecule has 19 heavy (non-hydrogen) atoms. The van der Waals surface area contributed by atoms with E-state index in [-0.39, 0.29) is 11.3 Å². The summed E-state index contributed by atoms with van der Waals surface area (Å²) in [6, 6.07) is 5.21. The number of rotatable bonds is 7. The number of nitrogens with two attached hydrogens (primary N) is 1.